The number of aromatic nitrogens is 1. The van der Waals surface area contributed by atoms with Crippen molar-refractivity contribution in [3.05, 3.63) is 65.5 Å². The molecular weight excluding hydrogens is 254 g/mol. The Kier molecular flexibility index (Phi) is 5.26. The van der Waals surface area contributed by atoms with E-state index in [1.165, 1.54) is 11.8 Å². The molecule has 0 aliphatic rings. The van der Waals surface area contributed by atoms with E-state index in [2.05, 4.69) is 17.1 Å². The van der Waals surface area contributed by atoms with Gasteiger partial charge in [0.05, 0.1) is 6.61 Å². The van der Waals surface area contributed by atoms with Crippen molar-refractivity contribution in [1.82, 2.24) is 4.98 Å². The molecule has 0 saturated heterocycles. The van der Waals surface area contributed by atoms with Crippen LogP contribution in [0.5, 0.6) is 0 Å². The first-order valence-corrected chi connectivity index (χ1v) is 6.56. The third kappa shape index (κ3) is 4.17. The number of pyridine rings is 1. The zero-order valence-corrected chi connectivity index (χ0v) is 11.2. The van der Waals surface area contributed by atoms with Crippen LogP contribution in [0.25, 0.3) is 0 Å². The minimum atomic E-state index is -1.02. The minimum absolute atomic E-state index is 0.0653. The third-order valence-electron chi connectivity index (χ3n) is 2.95. The van der Waals surface area contributed by atoms with Crippen LogP contribution >= 0.6 is 0 Å². The molecule has 2 aromatic rings. The van der Waals surface area contributed by atoms with E-state index >= 15 is 0 Å². The van der Waals surface area contributed by atoms with Crippen LogP contribution < -0.4 is 0 Å². The first kappa shape index (κ1) is 14.2. The summed E-state index contributed by atoms with van der Waals surface area (Å²) >= 11 is 0. The molecular formula is C16H17NO3. The SMILES string of the molecule is O=C(O)c1ncccc1COCCCc1ccccc1. The summed E-state index contributed by atoms with van der Waals surface area (Å²) in [6.45, 7) is 0.882. The normalized spacial score (nSPS) is 10.4. The van der Waals surface area contributed by atoms with E-state index in [1.807, 2.05) is 18.2 Å². The van der Waals surface area contributed by atoms with Crippen molar-refractivity contribution in [3.8, 4) is 0 Å². The Morgan fingerprint density at radius 2 is 1.95 bits per heavy atom. The number of carboxylic acid groups (broad SMARTS) is 1. The molecule has 1 aromatic heterocycles. The maximum absolute atomic E-state index is 11.0. The molecule has 0 unspecified atom stereocenters. The maximum atomic E-state index is 11.0. The van der Waals surface area contributed by atoms with E-state index in [4.69, 9.17) is 9.84 Å². The number of hydrogen-bond donors (Lipinski definition) is 1. The first-order valence-electron chi connectivity index (χ1n) is 6.56. The van der Waals surface area contributed by atoms with Crippen LogP contribution in [0.4, 0.5) is 0 Å². The lowest BCUT2D eigenvalue weighted by Gasteiger charge is -2.06. The number of nitrogens with zero attached hydrogens (tertiary/aromatic N) is 1. The number of aryl methyl sites for hydroxylation is 1. The van der Waals surface area contributed by atoms with Crippen molar-refractivity contribution in [2.75, 3.05) is 6.61 Å². The Labute approximate surface area is 118 Å². The van der Waals surface area contributed by atoms with E-state index in [0.29, 0.717) is 12.2 Å². The maximum Gasteiger partial charge on any atom is 0.354 e. The lowest BCUT2D eigenvalue weighted by atomic mass is 10.1. The van der Waals surface area contributed by atoms with Crippen molar-refractivity contribution >= 4 is 5.97 Å². The van der Waals surface area contributed by atoms with Gasteiger partial charge in [0.25, 0.3) is 0 Å². The molecule has 0 radical (unpaired) electrons. The summed E-state index contributed by atoms with van der Waals surface area (Å²) in [6.07, 6.45) is 3.34. The third-order valence-corrected chi connectivity index (χ3v) is 2.95. The fourth-order valence-corrected chi connectivity index (χ4v) is 1.95. The Hall–Kier alpha value is -2.20. The summed E-state index contributed by atoms with van der Waals surface area (Å²) in [5, 5.41) is 9.00. The van der Waals surface area contributed by atoms with E-state index in [0.717, 1.165) is 12.8 Å². The van der Waals surface area contributed by atoms with Gasteiger partial charge in [0.1, 0.15) is 0 Å². The molecule has 4 heteroatoms. The van der Waals surface area contributed by atoms with Gasteiger partial charge >= 0.3 is 5.97 Å². The van der Waals surface area contributed by atoms with Gasteiger partial charge in [-0.25, -0.2) is 9.78 Å². The largest absolute Gasteiger partial charge is 0.477 e. The van der Waals surface area contributed by atoms with Gasteiger partial charge < -0.3 is 9.84 Å². The average Bonchev–Trinajstić information content (AvgIpc) is 2.48. The van der Waals surface area contributed by atoms with Crippen molar-refractivity contribution in [2.45, 2.75) is 19.4 Å². The van der Waals surface area contributed by atoms with Crippen LogP contribution in [0.3, 0.4) is 0 Å². The molecule has 0 bridgehead atoms. The van der Waals surface area contributed by atoms with Crippen molar-refractivity contribution in [3.63, 3.8) is 0 Å². The fraction of sp³-hybridized carbons (Fsp3) is 0.250. The molecule has 1 heterocycles. The van der Waals surface area contributed by atoms with Crippen LogP contribution in [0, 0.1) is 0 Å². The van der Waals surface area contributed by atoms with E-state index in [-0.39, 0.29) is 12.3 Å². The molecule has 104 valence electrons. The molecule has 0 atom stereocenters. The van der Waals surface area contributed by atoms with Gasteiger partial charge in [-0.2, -0.15) is 0 Å². The predicted octanol–water partition coefficient (Wildman–Crippen LogP) is 2.93. The van der Waals surface area contributed by atoms with E-state index in [1.54, 1.807) is 12.1 Å². The topological polar surface area (TPSA) is 59.4 Å². The van der Waals surface area contributed by atoms with E-state index in [9.17, 15) is 4.79 Å². The lowest BCUT2D eigenvalue weighted by molar-refractivity contribution is 0.0679. The molecule has 0 fully saturated rings. The van der Waals surface area contributed by atoms with Crippen molar-refractivity contribution in [2.24, 2.45) is 0 Å². The first-order chi connectivity index (χ1) is 9.77. The minimum Gasteiger partial charge on any atom is -0.477 e. The van der Waals surface area contributed by atoms with Gasteiger partial charge in [-0.05, 0) is 24.5 Å². The van der Waals surface area contributed by atoms with Gasteiger partial charge in [0.2, 0.25) is 0 Å². The highest BCUT2D eigenvalue weighted by Crippen LogP contribution is 2.08. The predicted molar refractivity (Wildman–Crippen MR) is 75.6 cm³/mol. The van der Waals surface area contributed by atoms with E-state index < -0.39 is 5.97 Å². The van der Waals surface area contributed by atoms with Crippen LogP contribution in [0.1, 0.15) is 28.0 Å². The summed E-state index contributed by atoms with van der Waals surface area (Å²) in [6, 6.07) is 13.7. The molecule has 1 N–H and O–H groups in total. The highest BCUT2D eigenvalue weighted by molar-refractivity contribution is 5.86. The van der Waals surface area contributed by atoms with Gasteiger partial charge in [-0.15, -0.1) is 0 Å². The van der Waals surface area contributed by atoms with Crippen molar-refractivity contribution in [1.29, 1.82) is 0 Å². The summed E-state index contributed by atoms with van der Waals surface area (Å²) in [7, 11) is 0. The second-order valence-electron chi connectivity index (χ2n) is 4.46. The lowest BCUT2D eigenvalue weighted by Crippen LogP contribution is -2.07. The molecule has 20 heavy (non-hydrogen) atoms. The Bertz CT molecular complexity index is 555. The zero-order chi connectivity index (χ0) is 14.2. The number of hydrogen-bond acceptors (Lipinski definition) is 3. The molecule has 0 aliphatic heterocycles. The summed E-state index contributed by atoms with van der Waals surface area (Å²) in [5.74, 6) is -1.02. The van der Waals surface area contributed by atoms with Crippen molar-refractivity contribution < 1.29 is 14.6 Å². The Morgan fingerprint density at radius 3 is 2.70 bits per heavy atom. The van der Waals surface area contributed by atoms with Gasteiger partial charge in [-0.1, -0.05) is 36.4 Å². The van der Waals surface area contributed by atoms with Gasteiger partial charge in [0.15, 0.2) is 5.69 Å². The number of aromatic carboxylic acids is 1. The van der Waals surface area contributed by atoms with Gasteiger partial charge in [0, 0.05) is 18.4 Å². The second kappa shape index (κ2) is 7.40. The highest BCUT2D eigenvalue weighted by atomic mass is 16.5. The van der Waals surface area contributed by atoms with Crippen LogP contribution in [0.2, 0.25) is 0 Å². The summed E-state index contributed by atoms with van der Waals surface area (Å²) in [5.41, 5.74) is 1.96. The number of carboxylic acids is 1. The number of carbonyl (C=O) groups is 1. The van der Waals surface area contributed by atoms with Crippen LogP contribution in [0.15, 0.2) is 48.7 Å². The smallest absolute Gasteiger partial charge is 0.354 e. The Morgan fingerprint density at radius 1 is 1.15 bits per heavy atom. The average molecular weight is 271 g/mol. The fourth-order valence-electron chi connectivity index (χ4n) is 1.95. The number of benzene rings is 1. The molecule has 0 saturated carbocycles. The molecule has 0 spiro atoms. The molecule has 1 aromatic carbocycles. The standard InChI is InChI=1S/C16H17NO3/c18-16(19)15-14(9-4-10-17-15)12-20-11-5-8-13-6-2-1-3-7-13/h1-4,6-7,9-10H,5,8,11-12H2,(H,18,19). The van der Waals surface area contributed by atoms with Gasteiger partial charge in [-0.3, -0.25) is 0 Å². The number of ether oxygens (including phenoxy) is 1. The molecule has 2 rings (SSSR count). The monoisotopic (exact) mass is 271 g/mol. The zero-order valence-electron chi connectivity index (χ0n) is 11.2. The quantitative estimate of drug-likeness (QED) is 0.787. The summed E-state index contributed by atoms with van der Waals surface area (Å²) in [4.78, 5) is 14.8. The highest BCUT2D eigenvalue weighted by Gasteiger charge is 2.10. The summed E-state index contributed by atoms with van der Waals surface area (Å²) < 4.78 is 5.53. The van der Waals surface area contributed by atoms with Crippen LogP contribution in [-0.4, -0.2) is 22.7 Å². The number of rotatable bonds is 7. The molecule has 0 aliphatic carbocycles. The molecule has 4 nitrogen and oxygen atoms in total. The molecule has 0 amide bonds. The second-order valence-corrected chi connectivity index (χ2v) is 4.46. The Balaban J connectivity index is 1.75. The van der Waals surface area contributed by atoms with Crippen LogP contribution in [-0.2, 0) is 17.8 Å².